The number of rotatable bonds is 4. The smallest absolute Gasteiger partial charge is 0.240 e. The minimum absolute atomic E-state index is 0.0631. The van der Waals surface area contributed by atoms with Crippen LogP contribution in [0.4, 0.5) is 5.69 Å². The molecule has 0 aliphatic carbocycles. The summed E-state index contributed by atoms with van der Waals surface area (Å²) in [7, 11) is 0. The normalized spacial score (nSPS) is 17.3. The van der Waals surface area contributed by atoms with E-state index < -0.39 is 0 Å². The van der Waals surface area contributed by atoms with Gasteiger partial charge in [-0.25, -0.2) is 4.68 Å². The predicted molar refractivity (Wildman–Crippen MR) is 106 cm³/mol. The summed E-state index contributed by atoms with van der Waals surface area (Å²) in [6.45, 7) is 3.97. The SMILES string of the molecule is C[C@H](Sc1nnc(-c2cccs2)n1N)C(=O)N1c2ccccc2C[C@@H]1C. The van der Waals surface area contributed by atoms with Gasteiger partial charge in [0.25, 0.3) is 0 Å². The number of nitrogens with two attached hydrogens (primary N) is 1. The lowest BCUT2D eigenvalue weighted by Crippen LogP contribution is -2.40. The molecule has 134 valence electrons. The molecule has 2 aromatic heterocycles. The van der Waals surface area contributed by atoms with Crippen molar-refractivity contribution in [1.82, 2.24) is 14.9 Å². The molecular weight excluding hydrogens is 366 g/mol. The zero-order valence-electron chi connectivity index (χ0n) is 14.5. The van der Waals surface area contributed by atoms with E-state index in [1.807, 2.05) is 47.5 Å². The van der Waals surface area contributed by atoms with Crippen LogP contribution in [0, 0.1) is 0 Å². The molecule has 1 aliphatic heterocycles. The van der Waals surface area contributed by atoms with Crippen LogP contribution in [0.15, 0.2) is 46.9 Å². The second-order valence-corrected chi connectivity index (χ2v) is 8.56. The molecule has 2 atom stereocenters. The minimum atomic E-state index is -0.314. The molecule has 0 saturated heterocycles. The molecule has 3 heterocycles. The van der Waals surface area contributed by atoms with Crippen molar-refractivity contribution < 1.29 is 4.79 Å². The molecular formula is C18H19N5OS2. The van der Waals surface area contributed by atoms with Crippen molar-refractivity contribution in [1.29, 1.82) is 0 Å². The van der Waals surface area contributed by atoms with E-state index in [4.69, 9.17) is 5.84 Å². The van der Waals surface area contributed by atoms with Gasteiger partial charge in [-0.3, -0.25) is 4.79 Å². The molecule has 4 rings (SSSR count). The van der Waals surface area contributed by atoms with E-state index >= 15 is 0 Å². The van der Waals surface area contributed by atoms with E-state index in [-0.39, 0.29) is 17.2 Å². The van der Waals surface area contributed by atoms with Gasteiger partial charge < -0.3 is 10.7 Å². The van der Waals surface area contributed by atoms with Gasteiger partial charge in [0.1, 0.15) is 0 Å². The van der Waals surface area contributed by atoms with Crippen LogP contribution in [0.3, 0.4) is 0 Å². The molecule has 0 spiro atoms. The van der Waals surface area contributed by atoms with Gasteiger partial charge in [-0.1, -0.05) is 36.0 Å². The lowest BCUT2D eigenvalue weighted by atomic mass is 10.1. The van der Waals surface area contributed by atoms with Crippen molar-refractivity contribution in [2.45, 2.75) is 36.7 Å². The van der Waals surface area contributed by atoms with Crippen molar-refractivity contribution in [2.75, 3.05) is 10.7 Å². The molecule has 0 unspecified atom stereocenters. The van der Waals surface area contributed by atoms with E-state index in [1.54, 1.807) is 11.3 Å². The third kappa shape index (κ3) is 2.89. The van der Waals surface area contributed by atoms with E-state index in [0.29, 0.717) is 11.0 Å². The van der Waals surface area contributed by atoms with E-state index in [2.05, 4.69) is 23.2 Å². The van der Waals surface area contributed by atoms with Crippen LogP contribution in [-0.4, -0.2) is 32.1 Å². The molecule has 0 radical (unpaired) electrons. The highest BCUT2D eigenvalue weighted by atomic mass is 32.2. The van der Waals surface area contributed by atoms with Gasteiger partial charge in [0.05, 0.1) is 10.1 Å². The van der Waals surface area contributed by atoms with Crippen LogP contribution in [0.1, 0.15) is 19.4 Å². The molecule has 1 aromatic carbocycles. The molecule has 8 heteroatoms. The van der Waals surface area contributed by atoms with Crippen LogP contribution < -0.4 is 10.7 Å². The first kappa shape index (κ1) is 17.1. The van der Waals surface area contributed by atoms with E-state index in [9.17, 15) is 4.79 Å². The van der Waals surface area contributed by atoms with Crippen molar-refractivity contribution in [3.8, 4) is 10.7 Å². The number of aromatic nitrogens is 3. The average molecular weight is 386 g/mol. The summed E-state index contributed by atoms with van der Waals surface area (Å²) in [5, 5.41) is 10.5. The third-order valence-corrected chi connectivity index (χ3v) is 6.39. The number of benzene rings is 1. The summed E-state index contributed by atoms with van der Waals surface area (Å²) in [6.07, 6.45) is 0.884. The van der Waals surface area contributed by atoms with Crippen molar-refractivity contribution in [3.63, 3.8) is 0 Å². The summed E-state index contributed by atoms with van der Waals surface area (Å²) in [5.74, 6) is 6.83. The van der Waals surface area contributed by atoms with Crippen LogP contribution in [-0.2, 0) is 11.2 Å². The highest BCUT2D eigenvalue weighted by Crippen LogP contribution is 2.35. The number of carbonyl (C=O) groups is 1. The molecule has 3 aromatic rings. The third-order valence-electron chi connectivity index (χ3n) is 4.48. The van der Waals surface area contributed by atoms with Gasteiger partial charge in [0.2, 0.25) is 11.1 Å². The summed E-state index contributed by atoms with van der Waals surface area (Å²) in [6, 6.07) is 12.1. The van der Waals surface area contributed by atoms with Gasteiger partial charge in [-0.2, -0.15) is 0 Å². The number of nitrogens with zero attached hydrogens (tertiary/aromatic N) is 4. The molecule has 1 amide bonds. The lowest BCUT2D eigenvalue weighted by molar-refractivity contribution is -0.118. The van der Waals surface area contributed by atoms with Gasteiger partial charge in [0.15, 0.2) is 5.82 Å². The summed E-state index contributed by atoms with van der Waals surface area (Å²) in [4.78, 5) is 15.9. The average Bonchev–Trinajstić information content (AvgIpc) is 3.33. The molecule has 26 heavy (non-hydrogen) atoms. The summed E-state index contributed by atoms with van der Waals surface area (Å²) in [5.41, 5.74) is 2.22. The first-order valence-electron chi connectivity index (χ1n) is 8.38. The molecule has 6 nitrogen and oxygen atoms in total. The Morgan fingerprint density at radius 2 is 2.12 bits per heavy atom. The zero-order valence-corrected chi connectivity index (χ0v) is 16.1. The largest absolute Gasteiger partial charge is 0.335 e. The summed E-state index contributed by atoms with van der Waals surface area (Å²) >= 11 is 2.89. The highest BCUT2D eigenvalue weighted by Gasteiger charge is 2.34. The zero-order chi connectivity index (χ0) is 18.3. The number of amides is 1. The molecule has 2 N–H and O–H groups in total. The summed E-state index contributed by atoms with van der Waals surface area (Å²) < 4.78 is 1.46. The number of nitrogen functional groups attached to an aromatic ring is 1. The number of hydrogen-bond donors (Lipinski definition) is 1. The minimum Gasteiger partial charge on any atom is -0.335 e. The monoisotopic (exact) mass is 385 g/mol. The molecule has 1 aliphatic rings. The number of fused-ring (bicyclic) bond motifs is 1. The molecule has 0 saturated carbocycles. The van der Waals surface area contributed by atoms with Crippen molar-refractivity contribution >= 4 is 34.7 Å². The molecule has 0 fully saturated rings. The Morgan fingerprint density at radius 1 is 1.31 bits per heavy atom. The highest BCUT2D eigenvalue weighted by molar-refractivity contribution is 8.00. The maximum atomic E-state index is 13.1. The fourth-order valence-electron chi connectivity index (χ4n) is 3.24. The van der Waals surface area contributed by atoms with Crippen LogP contribution in [0.25, 0.3) is 10.7 Å². The van der Waals surface area contributed by atoms with Crippen molar-refractivity contribution in [3.05, 3.63) is 47.3 Å². The van der Waals surface area contributed by atoms with Crippen LogP contribution >= 0.6 is 23.1 Å². The number of thiophene rings is 1. The quantitative estimate of drug-likeness (QED) is 0.551. The van der Waals surface area contributed by atoms with Crippen LogP contribution in [0.5, 0.6) is 0 Å². The standard InChI is InChI=1S/C18H19N5OS2/c1-11-10-13-6-3-4-7-14(13)22(11)17(24)12(2)26-18-21-20-16(23(18)19)15-8-5-9-25-15/h3-9,11-12H,10,19H2,1-2H3/t11-,12-/m0/s1. The Balaban J connectivity index is 1.54. The first-order valence-corrected chi connectivity index (χ1v) is 10.1. The number of anilines is 1. The Morgan fingerprint density at radius 3 is 2.88 bits per heavy atom. The number of hydrogen-bond acceptors (Lipinski definition) is 6. The Kier molecular flexibility index (Phi) is 4.46. The van der Waals surface area contributed by atoms with Gasteiger partial charge in [-0.15, -0.1) is 21.5 Å². The van der Waals surface area contributed by atoms with E-state index in [1.165, 1.54) is 22.0 Å². The topological polar surface area (TPSA) is 77.0 Å². The lowest BCUT2D eigenvalue weighted by Gasteiger charge is -2.25. The number of carbonyl (C=O) groups excluding carboxylic acids is 1. The Labute approximate surface area is 160 Å². The van der Waals surface area contributed by atoms with Crippen molar-refractivity contribution in [2.24, 2.45) is 0 Å². The van der Waals surface area contributed by atoms with Gasteiger partial charge >= 0.3 is 0 Å². The Hall–Kier alpha value is -2.32. The molecule has 0 bridgehead atoms. The van der Waals surface area contributed by atoms with Gasteiger partial charge in [0, 0.05) is 11.7 Å². The van der Waals surface area contributed by atoms with E-state index in [0.717, 1.165) is 17.0 Å². The fraction of sp³-hybridized carbons (Fsp3) is 0.278. The predicted octanol–water partition coefficient (Wildman–Crippen LogP) is 3.18. The second kappa shape index (κ2) is 6.77. The number of para-hydroxylation sites is 1. The second-order valence-electron chi connectivity index (χ2n) is 6.30. The number of thioether (sulfide) groups is 1. The maximum Gasteiger partial charge on any atom is 0.240 e. The first-order chi connectivity index (χ1) is 12.6. The maximum absolute atomic E-state index is 13.1. The fourth-order valence-corrected chi connectivity index (χ4v) is 4.76. The van der Waals surface area contributed by atoms with Gasteiger partial charge in [-0.05, 0) is 43.3 Å². The Bertz CT molecular complexity index is 937. The van der Waals surface area contributed by atoms with Crippen LogP contribution in [0.2, 0.25) is 0 Å².